The number of nitrogens with one attached hydrogen (secondary N) is 1. The van der Waals surface area contributed by atoms with Gasteiger partial charge in [0.05, 0.1) is 0 Å². The minimum atomic E-state index is -0.129. The second-order valence-electron chi connectivity index (χ2n) is 4.28. The quantitative estimate of drug-likeness (QED) is 0.656. The average molecular weight is 329 g/mol. The Hall–Kier alpha value is -0.970. The molecule has 0 saturated carbocycles. The monoisotopic (exact) mass is 328 g/mol. The number of halogens is 2. The Morgan fingerprint density at radius 2 is 2.00 bits per heavy atom. The predicted molar refractivity (Wildman–Crippen MR) is 84.9 cm³/mol. The fourth-order valence-corrected chi connectivity index (χ4v) is 3.38. The van der Waals surface area contributed by atoms with Crippen LogP contribution in [0.5, 0.6) is 0 Å². The molecule has 0 atom stereocenters. The number of hydrogen-bond acceptors (Lipinski definition) is 3. The predicted octanol–water partition coefficient (Wildman–Crippen LogP) is 4.32. The van der Waals surface area contributed by atoms with E-state index >= 15 is 0 Å². The van der Waals surface area contributed by atoms with Crippen molar-refractivity contribution in [2.45, 2.75) is 30.7 Å². The number of nitrogens with zero attached hydrogens (tertiary/aromatic N) is 1. The Labute approximate surface area is 131 Å². The Bertz CT molecular complexity index is 638. The van der Waals surface area contributed by atoms with Crippen LogP contribution in [-0.4, -0.2) is 9.97 Å². The molecule has 0 fully saturated rings. The zero-order valence-electron chi connectivity index (χ0n) is 11.0. The van der Waals surface area contributed by atoms with Crippen LogP contribution >= 0.6 is 35.0 Å². The highest BCUT2D eigenvalue weighted by Gasteiger charge is 2.08. The fraction of sp³-hybridized carbons (Fsp3) is 0.286. The van der Waals surface area contributed by atoms with Crippen molar-refractivity contribution in [3.63, 3.8) is 0 Å². The Morgan fingerprint density at radius 3 is 2.65 bits per heavy atom. The summed E-state index contributed by atoms with van der Waals surface area (Å²) in [6.45, 7) is 2.05. The van der Waals surface area contributed by atoms with Crippen molar-refractivity contribution in [1.82, 2.24) is 9.97 Å². The van der Waals surface area contributed by atoms with Gasteiger partial charge in [-0.05, 0) is 24.1 Å². The van der Waals surface area contributed by atoms with Crippen molar-refractivity contribution in [1.29, 1.82) is 0 Å². The van der Waals surface area contributed by atoms with Crippen molar-refractivity contribution >= 4 is 35.0 Å². The summed E-state index contributed by atoms with van der Waals surface area (Å²) in [5.41, 5.74) is 1.53. The molecule has 1 N–H and O–H groups in total. The van der Waals surface area contributed by atoms with Gasteiger partial charge in [0.15, 0.2) is 5.16 Å². The molecule has 1 heterocycles. The van der Waals surface area contributed by atoms with Gasteiger partial charge in [-0.2, -0.15) is 0 Å². The first-order valence-electron chi connectivity index (χ1n) is 6.26. The molecule has 0 unspecified atom stereocenters. The second kappa shape index (κ2) is 7.16. The van der Waals surface area contributed by atoms with E-state index in [2.05, 4.69) is 16.9 Å². The molecule has 0 radical (unpaired) electrons. The van der Waals surface area contributed by atoms with Crippen LogP contribution < -0.4 is 5.56 Å². The first-order valence-corrected chi connectivity index (χ1v) is 8.00. The lowest BCUT2D eigenvalue weighted by Crippen LogP contribution is -2.10. The van der Waals surface area contributed by atoms with E-state index < -0.39 is 0 Å². The normalized spacial score (nSPS) is 10.8. The standard InChI is InChI=1S/C14H14Cl2N2OS/c1-2-4-9-7-13(19)18-14(17-9)20-8-10-11(15)5-3-6-12(10)16/h3,5-7H,2,4,8H2,1H3,(H,17,18,19). The molecule has 0 saturated heterocycles. The third-order valence-corrected chi connectivity index (χ3v) is 4.30. The number of benzene rings is 1. The molecule has 2 aromatic rings. The molecule has 1 aromatic carbocycles. The fourth-order valence-electron chi connectivity index (χ4n) is 1.75. The summed E-state index contributed by atoms with van der Waals surface area (Å²) in [7, 11) is 0. The van der Waals surface area contributed by atoms with Gasteiger partial charge in [-0.1, -0.05) is 54.4 Å². The van der Waals surface area contributed by atoms with Gasteiger partial charge in [0, 0.05) is 27.6 Å². The summed E-state index contributed by atoms with van der Waals surface area (Å²) >= 11 is 13.7. The lowest BCUT2D eigenvalue weighted by atomic mass is 10.2. The van der Waals surface area contributed by atoms with E-state index in [-0.39, 0.29) is 5.56 Å². The highest BCUT2D eigenvalue weighted by molar-refractivity contribution is 7.98. The van der Waals surface area contributed by atoms with E-state index in [1.165, 1.54) is 17.8 Å². The van der Waals surface area contributed by atoms with Crippen LogP contribution in [0.2, 0.25) is 10.0 Å². The number of aromatic nitrogens is 2. The van der Waals surface area contributed by atoms with Gasteiger partial charge in [0.25, 0.3) is 5.56 Å². The first kappa shape index (κ1) is 15.4. The molecule has 3 nitrogen and oxygen atoms in total. The molecule has 6 heteroatoms. The van der Waals surface area contributed by atoms with Crippen molar-refractivity contribution in [3.8, 4) is 0 Å². The minimum Gasteiger partial charge on any atom is -0.301 e. The minimum absolute atomic E-state index is 0.129. The van der Waals surface area contributed by atoms with Crippen molar-refractivity contribution in [2.24, 2.45) is 0 Å². The topological polar surface area (TPSA) is 45.8 Å². The summed E-state index contributed by atoms with van der Waals surface area (Å²) in [6, 6.07) is 6.94. The van der Waals surface area contributed by atoms with Gasteiger partial charge in [0.1, 0.15) is 0 Å². The Morgan fingerprint density at radius 1 is 1.30 bits per heavy atom. The number of rotatable bonds is 5. The maximum Gasteiger partial charge on any atom is 0.251 e. The van der Waals surface area contributed by atoms with Gasteiger partial charge in [-0.3, -0.25) is 4.79 Å². The summed E-state index contributed by atoms with van der Waals surface area (Å²) in [4.78, 5) is 18.7. The molecule has 0 aliphatic heterocycles. The highest BCUT2D eigenvalue weighted by atomic mass is 35.5. The molecular formula is C14H14Cl2N2OS. The van der Waals surface area contributed by atoms with Crippen molar-refractivity contribution in [3.05, 3.63) is 55.9 Å². The van der Waals surface area contributed by atoms with E-state index in [1.807, 2.05) is 0 Å². The smallest absolute Gasteiger partial charge is 0.251 e. The van der Waals surface area contributed by atoms with Crippen LogP contribution in [0.25, 0.3) is 0 Å². The van der Waals surface area contributed by atoms with Crippen LogP contribution in [0.4, 0.5) is 0 Å². The number of aryl methyl sites for hydroxylation is 1. The molecular weight excluding hydrogens is 315 g/mol. The Kier molecular flexibility index (Phi) is 5.52. The average Bonchev–Trinajstić information content (AvgIpc) is 2.38. The van der Waals surface area contributed by atoms with Gasteiger partial charge in [-0.25, -0.2) is 4.98 Å². The zero-order chi connectivity index (χ0) is 14.5. The molecule has 106 valence electrons. The van der Waals surface area contributed by atoms with Crippen LogP contribution in [0.3, 0.4) is 0 Å². The molecule has 1 aromatic heterocycles. The summed E-state index contributed by atoms with van der Waals surface area (Å²) in [6.07, 6.45) is 1.75. The molecule has 20 heavy (non-hydrogen) atoms. The third kappa shape index (κ3) is 4.01. The number of thioether (sulfide) groups is 1. The molecule has 0 aliphatic carbocycles. The van der Waals surface area contributed by atoms with E-state index in [0.717, 1.165) is 24.1 Å². The third-order valence-electron chi connectivity index (χ3n) is 2.69. The zero-order valence-corrected chi connectivity index (χ0v) is 13.3. The molecule has 0 spiro atoms. The van der Waals surface area contributed by atoms with E-state index in [9.17, 15) is 4.79 Å². The molecule has 0 aliphatic rings. The van der Waals surface area contributed by atoms with Crippen LogP contribution in [0.15, 0.2) is 34.2 Å². The lowest BCUT2D eigenvalue weighted by Gasteiger charge is -2.07. The SMILES string of the molecule is CCCc1cc(=O)[nH]c(SCc2c(Cl)cccc2Cl)n1. The summed E-state index contributed by atoms with van der Waals surface area (Å²) in [5.74, 6) is 0.566. The van der Waals surface area contributed by atoms with E-state index in [1.54, 1.807) is 18.2 Å². The van der Waals surface area contributed by atoms with Gasteiger partial charge < -0.3 is 4.98 Å². The molecule has 0 amide bonds. The highest BCUT2D eigenvalue weighted by Crippen LogP contribution is 2.29. The lowest BCUT2D eigenvalue weighted by molar-refractivity contribution is 0.816. The Balaban J connectivity index is 2.16. The first-order chi connectivity index (χ1) is 9.60. The van der Waals surface area contributed by atoms with Crippen molar-refractivity contribution in [2.75, 3.05) is 0 Å². The van der Waals surface area contributed by atoms with E-state index in [0.29, 0.717) is 21.0 Å². The maximum absolute atomic E-state index is 11.6. The van der Waals surface area contributed by atoms with Gasteiger partial charge in [-0.15, -0.1) is 0 Å². The largest absolute Gasteiger partial charge is 0.301 e. The van der Waals surface area contributed by atoms with E-state index in [4.69, 9.17) is 23.2 Å². The maximum atomic E-state index is 11.6. The summed E-state index contributed by atoms with van der Waals surface area (Å²) in [5, 5.41) is 1.84. The number of aromatic amines is 1. The van der Waals surface area contributed by atoms with Crippen LogP contribution in [0, 0.1) is 0 Å². The summed E-state index contributed by atoms with van der Waals surface area (Å²) < 4.78 is 0. The van der Waals surface area contributed by atoms with Gasteiger partial charge >= 0.3 is 0 Å². The molecule has 0 bridgehead atoms. The number of hydrogen-bond donors (Lipinski definition) is 1. The second-order valence-corrected chi connectivity index (χ2v) is 6.06. The van der Waals surface area contributed by atoms with Crippen molar-refractivity contribution < 1.29 is 0 Å². The van der Waals surface area contributed by atoms with Crippen LogP contribution in [0.1, 0.15) is 24.6 Å². The number of H-pyrrole nitrogens is 1. The molecule has 2 rings (SSSR count). The van der Waals surface area contributed by atoms with Crippen LogP contribution in [-0.2, 0) is 12.2 Å². The van der Waals surface area contributed by atoms with Gasteiger partial charge in [0.2, 0.25) is 0 Å².